The van der Waals surface area contributed by atoms with E-state index in [1.54, 1.807) is 18.5 Å². The van der Waals surface area contributed by atoms with Crippen LogP contribution in [0.25, 0.3) is 5.69 Å². The number of halogens is 2. The summed E-state index contributed by atoms with van der Waals surface area (Å²) in [6, 6.07) is 5.18. The van der Waals surface area contributed by atoms with Gasteiger partial charge in [0.1, 0.15) is 5.82 Å². The number of nitrogens with one attached hydrogen (secondary N) is 1. The van der Waals surface area contributed by atoms with Gasteiger partial charge in [0.15, 0.2) is 0 Å². The van der Waals surface area contributed by atoms with Gasteiger partial charge in [-0.2, -0.15) is 0 Å². The van der Waals surface area contributed by atoms with Crippen LogP contribution < -0.4 is 5.32 Å². The third-order valence-electron chi connectivity index (χ3n) is 4.15. The Morgan fingerprint density at radius 2 is 2.10 bits per heavy atom. The molecule has 3 rings (SSSR count). The smallest absolute Gasteiger partial charge is 0.139 e. The quantitative estimate of drug-likeness (QED) is 0.909. The lowest BCUT2D eigenvalue weighted by molar-refractivity contribution is 0.324. The summed E-state index contributed by atoms with van der Waals surface area (Å²) in [5, 5.41) is 3.38. The molecule has 2 aromatic rings. The Balaban J connectivity index is 2.03. The standard InChI is InChI=1S/C15H17BrFN3/c1-15(4-6-18-7-5-15)14-9-19-10-20(14)11-2-3-12(16)13(17)8-11/h2-3,8-10,18H,4-7H2,1H3. The average Bonchev–Trinajstić information content (AvgIpc) is 2.93. The molecule has 0 atom stereocenters. The highest BCUT2D eigenvalue weighted by atomic mass is 79.9. The van der Waals surface area contributed by atoms with Crippen LogP contribution in [0.3, 0.4) is 0 Å². The van der Waals surface area contributed by atoms with Crippen molar-refractivity contribution in [2.24, 2.45) is 0 Å². The van der Waals surface area contributed by atoms with Gasteiger partial charge in [-0.25, -0.2) is 9.37 Å². The first-order chi connectivity index (χ1) is 9.60. The average molecular weight is 338 g/mol. The minimum absolute atomic E-state index is 0.0886. The van der Waals surface area contributed by atoms with E-state index < -0.39 is 0 Å². The van der Waals surface area contributed by atoms with Crippen LogP contribution in [-0.2, 0) is 5.41 Å². The van der Waals surface area contributed by atoms with Crippen LogP contribution >= 0.6 is 15.9 Å². The number of nitrogens with zero attached hydrogens (tertiary/aromatic N) is 2. The number of benzene rings is 1. The predicted octanol–water partition coefficient (Wildman–Crippen LogP) is 3.42. The monoisotopic (exact) mass is 337 g/mol. The molecule has 0 unspecified atom stereocenters. The highest BCUT2D eigenvalue weighted by molar-refractivity contribution is 9.10. The predicted molar refractivity (Wildman–Crippen MR) is 80.7 cm³/mol. The van der Waals surface area contributed by atoms with Crippen molar-refractivity contribution >= 4 is 15.9 Å². The second kappa shape index (κ2) is 5.30. The van der Waals surface area contributed by atoms with Crippen LogP contribution in [0.2, 0.25) is 0 Å². The Morgan fingerprint density at radius 1 is 1.35 bits per heavy atom. The van der Waals surface area contributed by atoms with Crippen molar-refractivity contribution in [1.82, 2.24) is 14.9 Å². The third kappa shape index (κ3) is 2.40. The Kier molecular flexibility index (Phi) is 3.65. The van der Waals surface area contributed by atoms with Crippen molar-refractivity contribution in [3.63, 3.8) is 0 Å². The number of piperidine rings is 1. The maximum Gasteiger partial charge on any atom is 0.139 e. The summed E-state index contributed by atoms with van der Waals surface area (Å²) in [5.74, 6) is -0.252. The molecule has 0 bridgehead atoms. The Hall–Kier alpha value is -1.20. The van der Waals surface area contributed by atoms with Gasteiger partial charge in [-0.15, -0.1) is 0 Å². The maximum atomic E-state index is 13.7. The fraction of sp³-hybridized carbons (Fsp3) is 0.400. The van der Waals surface area contributed by atoms with Gasteiger partial charge >= 0.3 is 0 Å². The van der Waals surface area contributed by atoms with E-state index in [0.29, 0.717) is 4.47 Å². The molecule has 0 saturated carbocycles. The van der Waals surface area contributed by atoms with Crippen LogP contribution in [0, 0.1) is 5.82 Å². The topological polar surface area (TPSA) is 29.9 Å². The van der Waals surface area contributed by atoms with Crippen molar-refractivity contribution < 1.29 is 4.39 Å². The molecule has 2 heterocycles. The molecular weight excluding hydrogens is 321 g/mol. The molecule has 1 saturated heterocycles. The van der Waals surface area contributed by atoms with E-state index in [1.165, 1.54) is 0 Å². The SMILES string of the molecule is CC1(c2cncn2-c2ccc(Br)c(F)c2)CCNCC1. The fourth-order valence-electron chi connectivity index (χ4n) is 2.82. The lowest BCUT2D eigenvalue weighted by Crippen LogP contribution is -2.38. The lowest BCUT2D eigenvalue weighted by Gasteiger charge is -2.34. The maximum absolute atomic E-state index is 13.7. The normalized spacial score (nSPS) is 18.1. The number of imidazole rings is 1. The van der Waals surface area contributed by atoms with E-state index in [-0.39, 0.29) is 11.2 Å². The molecular formula is C15H17BrFN3. The van der Waals surface area contributed by atoms with Crippen molar-refractivity contribution in [1.29, 1.82) is 0 Å². The molecule has 1 aromatic heterocycles. The molecule has 106 valence electrons. The van der Waals surface area contributed by atoms with Crippen LogP contribution in [0.1, 0.15) is 25.5 Å². The van der Waals surface area contributed by atoms with Gasteiger partial charge in [0.25, 0.3) is 0 Å². The van der Waals surface area contributed by atoms with Gasteiger partial charge < -0.3 is 9.88 Å². The van der Waals surface area contributed by atoms with Gasteiger partial charge in [-0.3, -0.25) is 0 Å². The molecule has 0 radical (unpaired) electrons. The molecule has 1 fully saturated rings. The minimum atomic E-state index is -0.252. The first-order valence-corrected chi connectivity index (χ1v) is 7.58. The lowest BCUT2D eigenvalue weighted by atomic mass is 9.78. The molecule has 3 nitrogen and oxygen atoms in total. The second-order valence-electron chi connectivity index (χ2n) is 5.56. The van der Waals surface area contributed by atoms with Crippen LogP contribution in [0.5, 0.6) is 0 Å². The first kappa shape index (κ1) is 13.8. The van der Waals surface area contributed by atoms with Crippen LogP contribution in [-0.4, -0.2) is 22.6 Å². The summed E-state index contributed by atoms with van der Waals surface area (Å²) in [4.78, 5) is 4.28. The second-order valence-corrected chi connectivity index (χ2v) is 6.41. The summed E-state index contributed by atoms with van der Waals surface area (Å²) < 4.78 is 16.2. The number of aromatic nitrogens is 2. The molecule has 1 aliphatic rings. The van der Waals surface area contributed by atoms with Crippen LogP contribution in [0.4, 0.5) is 4.39 Å². The first-order valence-electron chi connectivity index (χ1n) is 6.79. The van der Waals surface area contributed by atoms with E-state index in [1.807, 2.05) is 16.8 Å². The Bertz CT molecular complexity index is 617. The highest BCUT2D eigenvalue weighted by Gasteiger charge is 2.32. The summed E-state index contributed by atoms with van der Waals surface area (Å²) in [6.07, 6.45) is 5.81. The van der Waals surface area contributed by atoms with Gasteiger partial charge in [-0.05, 0) is 60.1 Å². The number of rotatable bonds is 2. The van der Waals surface area contributed by atoms with E-state index >= 15 is 0 Å². The van der Waals surface area contributed by atoms with Gasteiger partial charge in [-0.1, -0.05) is 6.92 Å². The largest absolute Gasteiger partial charge is 0.317 e. The molecule has 0 aliphatic carbocycles. The zero-order valence-electron chi connectivity index (χ0n) is 11.4. The molecule has 5 heteroatoms. The summed E-state index contributed by atoms with van der Waals surface area (Å²) in [5.41, 5.74) is 2.06. The Morgan fingerprint density at radius 3 is 2.80 bits per heavy atom. The fourth-order valence-corrected chi connectivity index (χ4v) is 3.06. The zero-order chi connectivity index (χ0) is 14.2. The molecule has 0 spiro atoms. The van der Waals surface area contributed by atoms with E-state index in [9.17, 15) is 4.39 Å². The Labute approximate surface area is 126 Å². The van der Waals surface area contributed by atoms with Crippen molar-refractivity contribution in [2.45, 2.75) is 25.2 Å². The van der Waals surface area contributed by atoms with Crippen molar-refractivity contribution in [3.05, 3.63) is 46.7 Å². The molecule has 1 aliphatic heterocycles. The van der Waals surface area contributed by atoms with Gasteiger partial charge in [0, 0.05) is 23.0 Å². The molecule has 1 aromatic carbocycles. The molecule has 0 amide bonds. The van der Waals surface area contributed by atoms with E-state index in [0.717, 1.165) is 37.3 Å². The van der Waals surface area contributed by atoms with Gasteiger partial charge in [0.2, 0.25) is 0 Å². The number of hydrogen-bond acceptors (Lipinski definition) is 2. The van der Waals surface area contributed by atoms with Crippen molar-refractivity contribution in [2.75, 3.05) is 13.1 Å². The number of hydrogen-bond donors (Lipinski definition) is 1. The van der Waals surface area contributed by atoms with Gasteiger partial charge in [0.05, 0.1) is 10.8 Å². The van der Waals surface area contributed by atoms with Crippen molar-refractivity contribution in [3.8, 4) is 5.69 Å². The van der Waals surface area contributed by atoms with E-state index in [2.05, 4.69) is 33.2 Å². The highest BCUT2D eigenvalue weighted by Crippen LogP contribution is 2.34. The molecule has 1 N–H and O–H groups in total. The molecule has 20 heavy (non-hydrogen) atoms. The van der Waals surface area contributed by atoms with Crippen LogP contribution in [0.15, 0.2) is 35.2 Å². The zero-order valence-corrected chi connectivity index (χ0v) is 13.0. The summed E-state index contributed by atoms with van der Waals surface area (Å²) in [6.45, 7) is 4.28. The summed E-state index contributed by atoms with van der Waals surface area (Å²) >= 11 is 3.19. The summed E-state index contributed by atoms with van der Waals surface area (Å²) in [7, 11) is 0. The van der Waals surface area contributed by atoms with E-state index in [4.69, 9.17) is 0 Å². The minimum Gasteiger partial charge on any atom is -0.317 e. The third-order valence-corrected chi connectivity index (χ3v) is 4.79.